The lowest BCUT2D eigenvalue weighted by Crippen LogP contribution is -1.94. The molecule has 0 saturated carbocycles. The molecule has 1 rings (SSSR count). The summed E-state index contributed by atoms with van der Waals surface area (Å²) in [6.07, 6.45) is 0. The maximum Gasteiger partial charge on any atom is 0.265 e. The zero-order valence-electron chi connectivity index (χ0n) is 6.99. The molecule has 0 saturated heterocycles. The van der Waals surface area contributed by atoms with Crippen LogP contribution in [0.3, 0.4) is 0 Å². The zero-order valence-corrected chi connectivity index (χ0v) is 10.1. The van der Waals surface area contributed by atoms with Crippen LogP contribution >= 0.6 is 26.6 Å². The van der Waals surface area contributed by atoms with Crippen LogP contribution in [0.5, 0.6) is 11.5 Å². The van der Waals surface area contributed by atoms with E-state index in [4.69, 9.17) is 15.4 Å². The Kier molecular flexibility index (Phi) is 3.28. The van der Waals surface area contributed by atoms with E-state index in [1.165, 1.54) is 19.2 Å². The second kappa shape index (κ2) is 3.96. The van der Waals surface area contributed by atoms with E-state index >= 15 is 0 Å². The second-order valence-electron chi connectivity index (χ2n) is 2.39. The summed E-state index contributed by atoms with van der Waals surface area (Å²) in [5.74, 6) is -0.454. The number of halogens is 2. The Balaban J connectivity index is 3.53. The molecule has 0 radical (unpaired) electrons. The number of methoxy groups -OCH3 is 1. The Morgan fingerprint density at radius 1 is 1.50 bits per heavy atom. The summed E-state index contributed by atoms with van der Waals surface area (Å²) in [5, 5.41) is 9.44. The lowest BCUT2D eigenvalue weighted by Gasteiger charge is -2.07. The SMILES string of the molecule is COc1cc(Br)cc(S(=O)(=O)Cl)c1O. The van der Waals surface area contributed by atoms with E-state index in [0.29, 0.717) is 4.47 Å². The van der Waals surface area contributed by atoms with Crippen molar-refractivity contribution in [3.05, 3.63) is 16.6 Å². The van der Waals surface area contributed by atoms with Crippen LogP contribution < -0.4 is 4.74 Å². The topological polar surface area (TPSA) is 63.6 Å². The average molecular weight is 302 g/mol. The average Bonchev–Trinajstić information content (AvgIpc) is 2.06. The monoisotopic (exact) mass is 300 g/mol. The standard InChI is InChI=1S/C7H6BrClO4S/c1-13-5-2-4(8)3-6(7(5)10)14(9,11)12/h2-3,10H,1H3. The van der Waals surface area contributed by atoms with Gasteiger partial charge in [-0.25, -0.2) is 8.42 Å². The molecule has 0 bridgehead atoms. The molecule has 0 amide bonds. The summed E-state index contributed by atoms with van der Waals surface area (Å²) in [6, 6.07) is 2.63. The first kappa shape index (κ1) is 11.6. The number of aromatic hydroxyl groups is 1. The van der Waals surface area contributed by atoms with Crippen molar-refractivity contribution in [2.24, 2.45) is 0 Å². The number of hydrogen-bond donors (Lipinski definition) is 1. The quantitative estimate of drug-likeness (QED) is 0.850. The van der Waals surface area contributed by atoms with Crippen molar-refractivity contribution in [2.45, 2.75) is 4.90 Å². The molecule has 7 heteroatoms. The van der Waals surface area contributed by atoms with Crippen LogP contribution in [0, 0.1) is 0 Å². The van der Waals surface area contributed by atoms with Crippen LogP contribution in [0.4, 0.5) is 0 Å². The highest BCUT2D eigenvalue weighted by molar-refractivity contribution is 9.10. The molecule has 0 aromatic heterocycles. The van der Waals surface area contributed by atoms with Crippen molar-refractivity contribution in [1.29, 1.82) is 0 Å². The number of rotatable bonds is 2. The molecule has 0 heterocycles. The number of ether oxygens (including phenoxy) is 1. The van der Waals surface area contributed by atoms with Crippen molar-refractivity contribution in [2.75, 3.05) is 7.11 Å². The summed E-state index contributed by atoms with van der Waals surface area (Å²) < 4.78 is 27.2. The molecule has 78 valence electrons. The van der Waals surface area contributed by atoms with Crippen molar-refractivity contribution in [3.8, 4) is 11.5 Å². The molecular formula is C7H6BrClO4S. The fourth-order valence-corrected chi connectivity index (χ4v) is 2.43. The van der Waals surface area contributed by atoms with Gasteiger partial charge in [-0.3, -0.25) is 0 Å². The van der Waals surface area contributed by atoms with Gasteiger partial charge in [0.15, 0.2) is 11.5 Å². The first-order valence-corrected chi connectivity index (χ1v) is 6.47. The Hall–Kier alpha value is -0.460. The van der Waals surface area contributed by atoms with Gasteiger partial charge in [0, 0.05) is 15.2 Å². The molecule has 4 nitrogen and oxygen atoms in total. The smallest absolute Gasteiger partial charge is 0.265 e. The highest BCUT2D eigenvalue weighted by Gasteiger charge is 2.19. The van der Waals surface area contributed by atoms with E-state index in [9.17, 15) is 13.5 Å². The van der Waals surface area contributed by atoms with Gasteiger partial charge in [0.05, 0.1) is 7.11 Å². The van der Waals surface area contributed by atoms with E-state index in [-0.39, 0.29) is 10.6 Å². The molecule has 0 atom stereocenters. The third-order valence-electron chi connectivity index (χ3n) is 1.49. The Labute approximate surface area is 94.0 Å². The minimum atomic E-state index is -3.98. The molecule has 0 fully saturated rings. The van der Waals surface area contributed by atoms with Gasteiger partial charge in [-0.1, -0.05) is 15.9 Å². The number of benzene rings is 1. The first-order valence-electron chi connectivity index (χ1n) is 3.37. The minimum absolute atomic E-state index is 0.0404. The Morgan fingerprint density at radius 3 is 2.50 bits per heavy atom. The normalized spacial score (nSPS) is 11.4. The maximum absolute atomic E-state index is 11.0. The van der Waals surface area contributed by atoms with Gasteiger partial charge in [0.2, 0.25) is 0 Å². The lowest BCUT2D eigenvalue weighted by atomic mass is 10.3. The third kappa shape index (κ3) is 2.31. The van der Waals surface area contributed by atoms with Crippen LogP contribution in [0.15, 0.2) is 21.5 Å². The molecule has 0 aliphatic carbocycles. The van der Waals surface area contributed by atoms with Gasteiger partial charge in [-0.2, -0.15) is 0 Å². The van der Waals surface area contributed by atoms with Gasteiger partial charge in [-0.05, 0) is 12.1 Å². The van der Waals surface area contributed by atoms with Gasteiger partial charge in [0.1, 0.15) is 4.90 Å². The lowest BCUT2D eigenvalue weighted by molar-refractivity contribution is 0.366. The molecule has 0 aliphatic heterocycles. The Bertz CT molecular complexity index is 457. The predicted octanol–water partition coefficient (Wildman–Crippen LogP) is 2.09. The highest BCUT2D eigenvalue weighted by atomic mass is 79.9. The number of hydrogen-bond acceptors (Lipinski definition) is 4. The fourth-order valence-electron chi connectivity index (χ4n) is 0.892. The molecule has 1 N–H and O–H groups in total. The van der Waals surface area contributed by atoms with Crippen molar-refractivity contribution < 1.29 is 18.3 Å². The van der Waals surface area contributed by atoms with Crippen LogP contribution in [0.25, 0.3) is 0 Å². The third-order valence-corrected chi connectivity index (χ3v) is 3.28. The van der Waals surface area contributed by atoms with E-state index in [1.807, 2.05) is 0 Å². The van der Waals surface area contributed by atoms with E-state index in [0.717, 1.165) is 0 Å². The molecular weight excluding hydrogens is 295 g/mol. The summed E-state index contributed by atoms with van der Waals surface area (Å²) in [6.45, 7) is 0. The van der Waals surface area contributed by atoms with E-state index < -0.39 is 14.8 Å². The predicted molar refractivity (Wildman–Crippen MR) is 55.4 cm³/mol. The van der Waals surface area contributed by atoms with E-state index in [1.54, 1.807) is 0 Å². The van der Waals surface area contributed by atoms with Crippen LogP contribution in [-0.4, -0.2) is 20.6 Å². The van der Waals surface area contributed by atoms with Crippen LogP contribution in [0.2, 0.25) is 0 Å². The fraction of sp³-hybridized carbons (Fsp3) is 0.143. The maximum atomic E-state index is 11.0. The molecule has 0 spiro atoms. The first-order chi connectivity index (χ1) is 6.36. The van der Waals surface area contributed by atoms with Gasteiger partial charge in [-0.15, -0.1) is 0 Å². The van der Waals surface area contributed by atoms with Crippen molar-refractivity contribution in [3.63, 3.8) is 0 Å². The van der Waals surface area contributed by atoms with Crippen molar-refractivity contribution >= 4 is 35.7 Å². The molecule has 1 aromatic rings. The van der Waals surface area contributed by atoms with Gasteiger partial charge >= 0.3 is 0 Å². The summed E-state index contributed by atoms with van der Waals surface area (Å²) in [7, 11) is 2.44. The summed E-state index contributed by atoms with van der Waals surface area (Å²) >= 11 is 3.07. The summed E-state index contributed by atoms with van der Waals surface area (Å²) in [4.78, 5) is -0.384. The number of phenolic OH excluding ortho intramolecular Hbond substituents is 1. The van der Waals surface area contributed by atoms with Gasteiger partial charge in [0.25, 0.3) is 9.05 Å². The Morgan fingerprint density at radius 2 is 2.07 bits per heavy atom. The highest BCUT2D eigenvalue weighted by Crippen LogP contribution is 2.37. The minimum Gasteiger partial charge on any atom is -0.503 e. The second-order valence-corrected chi connectivity index (χ2v) is 5.84. The van der Waals surface area contributed by atoms with Crippen LogP contribution in [-0.2, 0) is 9.05 Å². The molecule has 14 heavy (non-hydrogen) atoms. The van der Waals surface area contributed by atoms with Gasteiger partial charge < -0.3 is 9.84 Å². The molecule has 1 aromatic carbocycles. The van der Waals surface area contributed by atoms with Crippen molar-refractivity contribution in [1.82, 2.24) is 0 Å². The zero-order chi connectivity index (χ0) is 10.9. The molecule has 0 aliphatic rings. The number of phenols is 1. The summed E-state index contributed by atoms with van der Waals surface area (Å²) in [5.41, 5.74) is 0. The molecule has 0 unspecified atom stereocenters. The van der Waals surface area contributed by atoms with Crippen LogP contribution in [0.1, 0.15) is 0 Å². The van der Waals surface area contributed by atoms with E-state index in [2.05, 4.69) is 15.9 Å². The largest absolute Gasteiger partial charge is 0.503 e.